The molecule has 1 heterocycles. The van der Waals surface area contributed by atoms with E-state index in [4.69, 9.17) is 15.0 Å². The van der Waals surface area contributed by atoms with Crippen LogP contribution in [0.5, 0.6) is 0 Å². The zero-order chi connectivity index (χ0) is 35.8. The number of rotatable bonds is 6. The highest BCUT2D eigenvalue weighted by atomic mass is 15.0. The van der Waals surface area contributed by atoms with Gasteiger partial charge in [0, 0.05) is 16.7 Å². The summed E-state index contributed by atoms with van der Waals surface area (Å²) in [6.45, 7) is 0. The molecule has 3 nitrogen and oxygen atoms in total. The first-order valence-corrected chi connectivity index (χ1v) is 18.3. The third kappa shape index (κ3) is 5.60. The van der Waals surface area contributed by atoms with Gasteiger partial charge in [0.15, 0.2) is 17.5 Å². The Hall–Kier alpha value is -7.23. The second kappa shape index (κ2) is 13.4. The Labute approximate surface area is 313 Å². The number of hydrogen-bond donors (Lipinski definition) is 0. The van der Waals surface area contributed by atoms with E-state index in [0.717, 1.165) is 27.6 Å². The molecular weight excluding hydrogens is 655 g/mol. The van der Waals surface area contributed by atoms with Gasteiger partial charge >= 0.3 is 0 Å². The summed E-state index contributed by atoms with van der Waals surface area (Å²) in [4.78, 5) is 15.1. The van der Waals surface area contributed by atoms with Crippen molar-refractivity contribution in [2.75, 3.05) is 0 Å². The molecule has 0 N–H and O–H groups in total. The van der Waals surface area contributed by atoms with Crippen molar-refractivity contribution in [1.29, 1.82) is 0 Å². The van der Waals surface area contributed by atoms with Gasteiger partial charge in [-0.25, -0.2) is 15.0 Å². The molecule has 0 atom stereocenters. The monoisotopic (exact) mass is 687 g/mol. The predicted octanol–water partition coefficient (Wildman–Crippen LogP) is 13.3. The normalized spacial score (nSPS) is 11.3. The average molecular weight is 688 g/mol. The summed E-state index contributed by atoms with van der Waals surface area (Å²) in [5.74, 6) is 1.94. The first kappa shape index (κ1) is 31.5. The molecule has 0 aliphatic carbocycles. The fourth-order valence-corrected chi connectivity index (χ4v) is 7.76. The molecule has 0 aliphatic heterocycles. The highest BCUT2D eigenvalue weighted by Crippen LogP contribution is 2.46. The zero-order valence-electron chi connectivity index (χ0n) is 29.4. The first-order valence-electron chi connectivity index (χ1n) is 18.3. The Morgan fingerprint density at radius 1 is 0.241 bits per heavy atom. The SMILES string of the molecule is c1ccc(-c2nc(-c3ccc(-c4c5ccccc5c(-c5ccccc5-c5ccccc5)c5ccccc45)cc3)nc(-c3ccc4ccccc4c3)n2)cc1. The number of fused-ring (bicyclic) bond motifs is 3. The van der Waals surface area contributed by atoms with Crippen LogP contribution in [0.25, 0.3) is 99.9 Å². The van der Waals surface area contributed by atoms with Crippen molar-refractivity contribution in [2.24, 2.45) is 0 Å². The molecule has 3 heteroatoms. The molecule has 0 amide bonds. The first-order chi connectivity index (χ1) is 26.8. The van der Waals surface area contributed by atoms with E-state index in [2.05, 4.69) is 170 Å². The lowest BCUT2D eigenvalue weighted by Gasteiger charge is -2.19. The van der Waals surface area contributed by atoms with Crippen LogP contribution in [0.1, 0.15) is 0 Å². The summed E-state index contributed by atoms with van der Waals surface area (Å²) in [6.07, 6.45) is 0. The molecule has 54 heavy (non-hydrogen) atoms. The molecule has 0 saturated heterocycles. The largest absolute Gasteiger partial charge is 0.208 e. The lowest BCUT2D eigenvalue weighted by atomic mass is 9.84. The summed E-state index contributed by atoms with van der Waals surface area (Å²) in [6, 6.07) is 70.7. The minimum atomic E-state index is 0.640. The highest BCUT2D eigenvalue weighted by molar-refractivity contribution is 6.22. The fourth-order valence-electron chi connectivity index (χ4n) is 7.76. The van der Waals surface area contributed by atoms with E-state index in [-0.39, 0.29) is 0 Å². The molecule has 10 rings (SSSR count). The van der Waals surface area contributed by atoms with Gasteiger partial charge in [-0.05, 0) is 71.8 Å². The van der Waals surface area contributed by atoms with Gasteiger partial charge in [0.1, 0.15) is 0 Å². The second-order valence-corrected chi connectivity index (χ2v) is 13.6. The van der Waals surface area contributed by atoms with E-state index < -0.39 is 0 Å². The van der Waals surface area contributed by atoms with Crippen LogP contribution in [0.15, 0.2) is 200 Å². The minimum Gasteiger partial charge on any atom is -0.208 e. The lowest BCUT2D eigenvalue weighted by Crippen LogP contribution is -2.00. The maximum Gasteiger partial charge on any atom is 0.164 e. The van der Waals surface area contributed by atoms with Crippen LogP contribution in [0.4, 0.5) is 0 Å². The van der Waals surface area contributed by atoms with Gasteiger partial charge in [0.25, 0.3) is 0 Å². The Morgan fingerprint density at radius 2 is 0.648 bits per heavy atom. The van der Waals surface area contributed by atoms with Gasteiger partial charge in [-0.3, -0.25) is 0 Å². The molecule has 0 spiro atoms. The maximum atomic E-state index is 5.06. The predicted molar refractivity (Wildman–Crippen MR) is 225 cm³/mol. The topological polar surface area (TPSA) is 38.7 Å². The van der Waals surface area contributed by atoms with Crippen molar-refractivity contribution < 1.29 is 0 Å². The van der Waals surface area contributed by atoms with Crippen molar-refractivity contribution in [3.05, 3.63) is 200 Å². The number of benzene rings is 9. The van der Waals surface area contributed by atoms with E-state index in [0.29, 0.717) is 17.5 Å². The van der Waals surface area contributed by atoms with Gasteiger partial charge in [0.2, 0.25) is 0 Å². The molecule has 0 unspecified atom stereocenters. The molecule has 0 saturated carbocycles. The van der Waals surface area contributed by atoms with E-state index in [1.807, 2.05) is 30.3 Å². The molecule has 252 valence electrons. The van der Waals surface area contributed by atoms with Crippen LogP contribution in [0, 0.1) is 0 Å². The molecule has 1 aromatic heterocycles. The summed E-state index contributed by atoms with van der Waals surface area (Å²) in [5.41, 5.74) is 10.1. The number of nitrogens with zero attached hydrogens (tertiary/aromatic N) is 3. The van der Waals surface area contributed by atoms with Crippen LogP contribution in [-0.2, 0) is 0 Å². The standard InChI is InChI=1S/C51H33N3/c1-3-16-35(17-4-1)41-21-9-10-22-42(41)48-45-25-13-11-23-43(45)47(44-24-12-14-26-46(44)48)36-28-30-38(31-29-36)50-52-49(37-18-5-2-6-19-37)53-51(54-50)40-32-27-34-15-7-8-20-39(34)33-40/h1-33H. The lowest BCUT2D eigenvalue weighted by molar-refractivity contribution is 1.07. The van der Waals surface area contributed by atoms with Crippen LogP contribution in [0.3, 0.4) is 0 Å². The van der Waals surface area contributed by atoms with Crippen molar-refractivity contribution in [1.82, 2.24) is 15.0 Å². The highest BCUT2D eigenvalue weighted by Gasteiger charge is 2.19. The molecule has 0 bridgehead atoms. The smallest absolute Gasteiger partial charge is 0.164 e. The van der Waals surface area contributed by atoms with Crippen LogP contribution >= 0.6 is 0 Å². The van der Waals surface area contributed by atoms with Crippen molar-refractivity contribution in [3.63, 3.8) is 0 Å². The van der Waals surface area contributed by atoms with Crippen LogP contribution in [-0.4, -0.2) is 15.0 Å². The van der Waals surface area contributed by atoms with Gasteiger partial charge in [0.05, 0.1) is 0 Å². The van der Waals surface area contributed by atoms with Gasteiger partial charge in [-0.2, -0.15) is 0 Å². The van der Waals surface area contributed by atoms with E-state index in [1.165, 1.54) is 54.7 Å². The Morgan fingerprint density at radius 3 is 1.26 bits per heavy atom. The third-order valence-corrected chi connectivity index (χ3v) is 10.3. The second-order valence-electron chi connectivity index (χ2n) is 13.6. The zero-order valence-corrected chi connectivity index (χ0v) is 29.4. The summed E-state index contributed by atoms with van der Waals surface area (Å²) in [5, 5.41) is 7.21. The van der Waals surface area contributed by atoms with Gasteiger partial charge < -0.3 is 0 Å². The fraction of sp³-hybridized carbons (Fsp3) is 0. The summed E-state index contributed by atoms with van der Waals surface area (Å²) < 4.78 is 0. The summed E-state index contributed by atoms with van der Waals surface area (Å²) >= 11 is 0. The number of aromatic nitrogens is 3. The average Bonchev–Trinajstić information content (AvgIpc) is 3.26. The molecule has 10 aromatic rings. The molecule has 0 radical (unpaired) electrons. The quantitative estimate of drug-likeness (QED) is 0.163. The third-order valence-electron chi connectivity index (χ3n) is 10.3. The van der Waals surface area contributed by atoms with Crippen molar-refractivity contribution in [3.8, 4) is 67.5 Å². The van der Waals surface area contributed by atoms with Crippen molar-refractivity contribution in [2.45, 2.75) is 0 Å². The Kier molecular flexibility index (Phi) is 7.81. The van der Waals surface area contributed by atoms with Crippen LogP contribution < -0.4 is 0 Å². The van der Waals surface area contributed by atoms with Gasteiger partial charge in [-0.1, -0.05) is 194 Å². The number of hydrogen-bond acceptors (Lipinski definition) is 3. The Balaban J connectivity index is 1.13. The van der Waals surface area contributed by atoms with E-state index in [1.54, 1.807) is 0 Å². The minimum absolute atomic E-state index is 0.640. The van der Waals surface area contributed by atoms with Gasteiger partial charge in [-0.15, -0.1) is 0 Å². The molecule has 0 aliphatic rings. The molecule has 0 fully saturated rings. The molecule has 9 aromatic carbocycles. The van der Waals surface area contributed by atoms with Crippen LogP contribution in [0.2, 0.25) is 0 Å². The van der Waals surface area contributed by atoms with E-state index >= 15 is 0 Å². The van der Waals surface area contributed by atoms with Crippen molar-refractivity contribution >= 4 is 32.3 Å². The Bertz CT molecular complexity index is 2910. The van der Waals surface area contributed by atoms with E-state index in [9.17, 15) is 0 Å². The summed E-state index contributed by atoms with van der Waals surface area (Å²) in [7, 11) is 0. The molecular formula is C51H33N3. The maximum absolute atomic E-state index is 5.06.